The zero-order valence-corrected chi connectivity index (χ0v) is 16.9. The normalized spacial score (nSPS) is 17.9. The van der Waals surface area contributed by atoms with Crippen molar-refractivity contribution < 1.29 is 14.3 Å². The number of carbonyl (C=O) groups excluding carboxylic acids is 2. The van der Waals surface area contributed by atoms with Crippen molar-refractivity contribution in [1.29, 1.82) is 0 Å². The molecule has 1 aliphatic carbocycles. The quantitative estimate of drug-likeness (QED) is 0.671. The Morgan fingerprint density at radius 2 is 2.11 bits per heavy atom. The molecule has 2 aliphatic rings. The summed E-state index contributed by atoms with van der Waals surface area (Å²) in [6.07, 6.45) is 9.58. The van der Waals surface area contributed by atoms with Crippen molar-refractivity contribution in [3.05, 3.63) is 29.8 Å². The fourth-order valence-electron chi connectivity index (χ4n) is 3.84. The molecule has 1 fully saturated rings. The lowest BCUT2D eigenvalue weighted by molar-refractivity contribution is -0.121. The van der Waals surface area contributed by atoms with Gasteiger partial charge in [0.1, 0.15) is 11.8 Å². The fraction of sp³-hybridized carbons (Fsp3) is 0.545. The van der Waals surface area contributed by atoms with Crippen LogP contribution in [0.5, 0.6) is 5.75 Å². The minimum atomic E-state index is -0.357. The van der Waals surface area contributed by atoms with Crippen LogP contribution in [0.25, 0.3) is 0 Å². The standard InChI is InChI=1S/C22H31N3O3/c1-16(22(27)23-13-12-17-7-4-3-5-8-17)24-18-10-11-19(20(15-18)28-2)25-14-6-9-21(25)26/h7,10-11,15-16,24H,3-6,8-9,12-14H2,1-2H3,(H,23,27). The predicted octanol–water partition coefficient (Wildman–Crippen LogP) is 3.63. The molecule has 0 radical (unpaired) electrons. The number of nitrogens with zero attached hydrogens (tertiary/aromatic N) is 1. The van der Waals surface area contributed by atoms with E-state index >= 15 is 0 Å². The summed E-state index contributed by atoms with van der Waals surface area (Å²) in [7, 11) is 1.60. The number of rotatable bonds is 8. The maximum absolute atomic E-state index is 12.4. The van der Waals surface area contributed by atoms with E-state index in [1.54, 1.807) is 12.0 Å². The molecule has 1 aromatic carbocycles. The van der Waals surface area contributed by atoms with Crippen molar-refractivity contribution in [2.75, 3.05) is 30.4 Å². The minimum Gasteiger partial charge on any atom is -0.494 e. The Morgan fingerprint density at radius 3 is 2.79 bits per heavy atom. The Bertz CT molecular complexity index is 745. The number of ether oxygens (including phenoxy) is 1. The topological polar surface area (TPSA) is 70.7 Å². The minimum absolute atomic E-state index is 0.0193. The Morgan fingerprint density at radius 1 is 1.25 bits per heavy atom. The van der Waals surface area contributed by atoms with Gasteiger partial charge < -0.3 is 20.3 Å². The Labute approximate surface area is 167 Å². The van der Waals surface area contributed by atoms with Crippen molar-refractivity contribution in [3.63, 3.8) is 0 Å². The lowest BCUT2D eigenvalue weighted by atomic mass is 9.97. The molecule has 6 nitrogen and oxygen atoms in total. The fourth-order valence-corrected chi connectivity index (χ4v) is 3.84. The third-order valence-corrected chi connectivity index (χ3v) is 5.45. The number of benzene rings is 1. The smallest absolute Gasteiger partial charge is 0.242 e. The van der Waals surface area contributed by atoms with Gasteiger partial charge in [-0.05, 0) is 57.6 Å². The molecule has 1 heterocycles. The maximum Gasteiger partial charge on any atom is 0.242 e. The van der Waals surface area contributed by atoms with Crippen LogP contribution in [-0.4, -0.2) is 38.1 Å². The molecule has 1 atom stereocenters. The van der Waals surface area contributed by atoms with E-state index in [-0.39, 0.29) is 17.9 Å². The number of methoxy groups -OCH3 is 1. The number of carbonyl (C=O) groups is 2. The Hall–Kier alpha value is -2.50. The molecule has 1 aromatic rings. The lowest BCUT2D eigenvalue weighted by Crippen LogP contribution is -2.38. The molecule has 1 unspecified atom stereocenters. The van der Waals surface area contributed by atoms with Gasteiger partial charge in [0.15, 0.2) is 0 Å². The first kappa shape index (κ1) is 20.2. The van der Waals surface area contributed by atoms with E-state index < -0.39 is 0 Å². The predicted molar refractivity (Wildman–Crippen MR) is 112 cm³/mol. The second kappa shape index (κ2) is 9.62. The van der Waals surface area contributed by atoms with Crippen molar-refractivity contribution in [2.24, 2.45) is 0 Å². The van der Waals surface area contributed by atoms with Crippen LogP contribution in [-0.2, 0) is 9.59 Å². The molecule has 0 saturated carbocycles. The number of hydrogen-bond donors (Lipinski definition) is 2. The average Bonchev–Trinajstić information content (AvgIpc) is 3.14. The number of allylic oxidation sites excluding steroid dienone is 1. The van der Waals surface area contributed by atoms with Crippen LogP contribution in [0, 0.1) is 0 Å². The summed E-state index contributed by atoms with van der Waals surface area (Å²) in [5, 5.41) is 6.24. The maximum atomic E-state index is 12.4. The zero-order chi connectivity index (χ0) is 19.9. The summed E-state index contributed by atoms with van der Waals surface area (Å²) in [6.45, 7) is 3.24. The van der Waals surface area contributed by atoms with Gasteiger partial charge in [-0.3, -0.25) is 9.59 Å². The summed E-state index contributed by atoms with van der Waals surface area (Å²) in [4.78, 5) is 26.2. The van der Waals surface area contributed by atoms with Crippen LogP contribution in [0.1, 0.15) is 51.9 Å². The number of amides is 2. The van der Waals surface area contributed by atoms with Gasteiger partial charge in [-0.25, -0.2) is 0 Å². The number of hydrogen-bond acceptors (Lipinski definition) is 4. The Balaban J connectivity index is 1.54. The van der Waals surface area contributed by atoms with Crippen molar-refractivity contribution in [1.82, 2.24) is 5.32 Å². The van der Waals surface area contributed by atoms with Crippen LogP contribution in [0.15, 0.2) is 29.8 Å². The average molecular weight is 386 g/mol. The highest BCUT2D eigenvalue weighted by Crippen LogP contribution is 2.34. The number of anilines is 2. The molecule has 3 rings (SSSR count). The van der Waals surface area contributed by atoms with Gasteiger partial charge >= 0.3 is 0 Å². The Kier molecular flexibility index (Phi) is 6.95. The molecule has 0 bridgehead atoms. The molecule has 0 aromatic heterocycles. The van der Waals surface area contributed by atoms with Crippen LogP contribution < -0.4 is 20.3 Å². The summed E-state index contributed by atoms with van der Waals surface area (Å²) in [5.41, 5.74) is 3.04. The molecule has 152 valence electrons. The molecule has 1 aliphatic heterocycles. The molecule has 0 spiro atoms. The van der Waals surface area contributed by atoms with Gasteiger partial charge in [0.25, 0.3) is 0 Å². The molecule has 28 heavy (non-hydrogen) atoms. The summed E-state index contributed by atoms with van der Waals surface area (Å²) >= 11 is 0. The van der Waals surface area contributed by atoms with E-state index in [1.165, 1.54) is 24.8 Å². The second-order valence-electron chi connectivity index (χ2n) is 7.55. The van der Waals surface area contributed by atoms with E-state index in [2.05, 4.69) is 16.7 Å². The van der Waals surface area contributed by atoms with Crippen molar-refractivity contribution in [2.45, 2.75) is 57.9 Å². The highest BCUT2D eigenvalue weighted by molar-refractivity contribution is 5.97. The molecule has 2 amide bonds. The first-order valence-electron chi connectivity index (χ1n) is 10.3. The second-order valence-corrected chi connectivity index (χ2v) is 7.55. The van der Waals surface area contributed by atoms with E-state index in [1.807, 2.05) is 25.1 Å². The molecule has 2 N–H and O–H groups in total. The summed E-state index contributed by atoms with van der Waals surface area (Å²) < 4.78 is 5.48. The van der Waals surface area contributed by atoms with Crippen molar-refractivity contribution in [3.8, 4) is 5.75 Å². The van der Waals surface area contributed by atoms with Gasteiger partial charge in [0.2, 0.25) is 11.8 Å². The summed E-state index contributed by atoms with van der Waals surface area (Å²) in [5.74, 6) is 0.742. The summed E-state index contributed by atoms with van der Waals surface area (Å²) in [6, 6.07) is 5.26. The van der Waals surface area contributed by atoms with E-state index in [0.29, 0.717) is 18.7 Å². The molecular formula is C22H31N3O3. The molecular weight excluding hydrogens is 354 g/mol. The zero-order valence-electron chi connectivity index (χ0n) is 16.9. The lowest BCUT2D eigenvalue weighted by Gasteiger charge is -2.21. The van der Waals surface area contributed by atoms with Gasteiger partial charge in [0, 0.05) is 31.3 Å². The number of nitrogens with one attached hydrogen (secondary N) is 2. The van der Waals surface area contributed by atoms with E-state index in [4.69, 9.17) is 4.74 Å². The molecule has 6 heteroatoms. The van der Waals surface area contributed by atoms with Gasteiger partial charge in [0.05, 0.1) is 12.8 Å². The van der Waals surface area contributed by atoms with Gasteiger partial charge in [-0.15, -0.1) is 0 Å². The van der Waals surface area contributed by atoms with Crippen LogP contribution >= 0.6 is 0 Å². The highest BCUT2D eigenvalue weighted by Gasteiger charge is 2.24. The van der Waals surface area contributed by atoms with Gasteiger partial charge in [-0.1, -0.05) is 11.6 Å². The highest BCUT2D eigenvalue weighted by atomic mass is 16.5. The monoisotopic (exact) mass is 385 g/mol. The SMILES string of the molecule is COc1cc(NC(C)C(=O)NCCC2=CCCCC2)ccc1N1CCCC1=O. The largest absolute Gasteiger partial charge is 0.494 e. The third kappa shape index (κ3) is 5.06. The van der Waals surface area contributed by atoms with E-state index in [9.17, 15) is 9.59 Å². The third-order valence-electron chi connectivity index (χ3n) is 5.45. The van der Waals surface area contributed by atoms with Crippen LogP contribution in [0.4, 0.5) is 11.4 Å². The molecule has 1 saturated heterocycles. The van der Waals surface area contributed by atoms with E-state index in [0.717, 1.165) is 37.2 Å². The first-order chi connectivity index (χ1) is 13.6. The van der Waals surface area contributed by atoms with Crippen LogP contribution in [0.2, 0.25) is 0 Å². The first-order valence-corrected chi connectivity index (χ1v) is 10.3. The van der Waals surface area contributed by atoms with Crippen molar-refractivity contribution >= 4 is 23.2 Å². The van der Waals surface area contributed by atoms with Crippen LogP contribution in [0.3, 0.4) is 0 Å². The van der Waals surface area contributed by atoms with Gasteiger partial charge in [-0.2, -0.15) is 0 Å².